The first-order chi connectivity index (χ1) is 11.3. The fourth-order valence-electron chi connectivity index (χ4n) is 2.30. The summed E-state index contributed by atoms with van der Waals surface area (Å²) in [7, 11) is -2.13. The number of thioether (sulfide) groups is 1. The number of hydrogen-bond acceptors (Lipinski definition) is 4. The molecule has 0 bridgehead atoms. The van der Waals surface area contributed by atoms with Crippen LogP contribution in [0.4, 0.5) is 5.69 Å². The van der Waals surface area contributed by atoms with E-state index in [0.29, 0.717) is 11.3 Å². The normalized spacial score (nSPS) is 12.8. The second kappa shape index (κ2) is 7.83. The Bertz CT molecular complexity index is 808. The third-order valence-corrected chi connectivity index (χ3v) is 5.67. The summed E-state index contributed by atoms with van der Waals surface area (Å²) >= 11 is 1.51. The van der Waals surface area contributed by atoms with Gasteiger partial charge in [0.25, 0.3) is 0 Å². The van der Waals surface area contributed by atoms with Gasteiger partial charge in [-0.1, -0.05) is 42.5 Å². The van der Waals surface area contributed by atoms with E-state index in [-0.39, 0.29) is 0 Å². The average Bonchev–Trinajstić information content (AvgIpc) is 2.55. The second-order valence-corrected chi connectivity index (χ2v) is 8.17. The molecule has 0 saturated heterocycles. The van der Waals surface area contributed by atoms with Crippen LogP contribution in [-0.2, 0) is 14.8 Å². The Morgan fingerprint density at radius 3 is 2.25 bits per heavy atom. The Balaban J connectivity index is 2.38. The lowest BCUT2D eigenvalue weighted by molar-refractivity contribution is -0.119. The molecule has 0 radical (unpaired) electrons. The van der Waals surface area contributed by atoms with Crippen molar-refractivity contribution in [3.8, 4) is 0 Å². The molecule has 24 heavy (non-hydrogen) atoms. The molecule has 0 unspecified atom stereocenters. The van der Waals surface area contributed by atoms with Crippen LogP contribution in [0, 0.1) is 0 Å². The molecular weight excluding hydrogens is 344 g/mol. The number of sulfonamides is 1. The van der Waals surface area contributed by atoms with E-state index in [1.807, 2.05) is 30.5 Å². The number of nitrogens with one attached hydrogen (secondary N) is 1. The lowest BCUT2D eigenvalue weighted by Gasteiger charge is -2.26. The molecule has 1 atom stereocenters. The predicted molar refractivity (Wildman–Crippen MR) is 98.6 cm³/mol. The summed E-state index contributed by atoms with van der Waals surface area (Å²) in [4.78, 5) is 13.8. The predicted octanol–water partition coefficient (Wildman–Crippen LogP) is 2.98. The summed E-state index contributed by atoms with van der Waals surface area (Å²) in [6.07, 6.45) is 3.01. The number of likely N-dealkylation sites (N-methyl/N-ethyl adjacent to an activating group) is 1. The molecule has 2 aromatic rings. The molecule has 128 valence electrons. The largest absolute Gasteiger partial charge is 0.323 e. The van der Waals surface area contributed by atoms with E-state index in [9.17, 15) is 13.2 Å². The van der Waals surface area contributed by atoms with E-state index in [4.69, 9.17) is 0 Å². The molecule has 7 heteroatoms. The van der Waals surface area contributed by atoms with Crippen molar-refractivity contribution in [2.45, 2.75) is 10.9 Å². The van der Waals surface area contributed by atoms with Gasteiger partial charge in [0.1, 0.15) is 6.04 Å². The highest BCUT2D eigenvalue weighted by molar-refractivity contribution is 7.98. The van der Waals surface area contributed by atoms with Crippen molar-refractivity contribution in [1.29, 1.82) is 0 Å². The number of carbonyl (C=O) groups is 1. The van der Waals surface area contributed by atoms with E-state index in [1.54, 1.807) is 30.3 Å². The molecule has 2 rings (SSSR count). The van der Waals surface area contributed by atoms with Gasteiger partial charge in [0.15, 0.2) is 0 Å². The van der Waals surface area contributed by atoms with Gasteiger partial charge in [-0.25, -0.2) is 8.42 Å². The zero-order valence-corrected chi connectivity index (χ0v) is 15.4. The van der Waals surface area contributed by atoms with Crippen molar-refractivity contribution >= 4 is 33.4 Å². The number of carbonyl (C=O) groups excluding carboxylic acids is 1. The number of rotatable bonds is 6. The Labute approximate surface area is 147 Å². The minimum atomic E-state index is -3.54. The van der Waals surface area contributed by atoms with Gasteiger partial charge in [-0.05, 0) is 24.0 Å². The summed E-state index contributed by atoms with van der Waals surface area (Å²) in [5, 5.41) is 2.85. The molecule has 0 heterocycles. The van der Waals surface area contributed by atoms with Crippen LogP contribution in [0.1, 0.15) is 11.6 Å². The Morgan fingerprint density at radius 1 is 1.08 bits per heavy atom. The highest BCUT2D eigenvalue weighted by Gasteiger charge is 2.31. The Kier molecular flexibility index (Phi) is 6.04. The molecule has 1 amide bonds. The lowest BCUT2D eigenvalue weighted by atomic mass is 10.1. The van der Waals surface area contributed by atoms with E-state index >= 15 is 0 Å². The minimum Gasteiger partial charge on any atom is -0.323 e. The third kappa shape index (κ3) is 4.37. The maximum Gasteiger partial charge on any atom is 0.247 e. The first-order valence-electron chi connectivity index (χ1n) is 7.26. The van der Waals surface area contributed by atoms with E-state index in [1.165, 1.54) is 18.8 Å². The molecule has 0 aliphatic rings. The summed E-state index contributed by atoms with van der Waals surface area (Å²) < 4.78 is 25.0. The number of nitrogens with zero attached hydrogens (tertiary/aromatic N) is 1. The summed E-state index contributed by atoms with van der Waals surface area (Å²) in [5.41, 5.74) is 1.28. The Morgan fingerprint density at radius 2 is 1.67 bits per heavy atom. The lowest BCUT2D eigenvalue weighted by Crippen LogP contribution is -2.38. The topological polar surface area (TPSA) is 66.5 Å². The van der Waals surface area contributed by atoms with Crippen molar-refractivity contribution < 1.29 is 13.2 Å². The van der Waals surface area contributed by atoms with Crippen LogP contribution >= 0.6 is 11.8 Å². The van der Waals surface area contributed by atoms with Gasteiger partial charge in [-0.15, -0.1) is 11.8 Å². The van der Waals surface area contributed by atoms with Gasteiger partial charge in [0.2, 0.25) is 15.9 Å². The maximum atomic E-state index is 12.8. The number of benzene rings is 2. The first-order valence-corrected chi connectivity index (χ1v) is 10.3. The van der Waals surface area contributed by atoms with Crippen molar-refractivity contribution in [3.63, 3.8) is 0 Å². The molecule has 0 aliphatic heterocycles. The molecule has 0 aromatic heterocycles. The number of anilines is 1. The van der Waals surface area contributed by atoms with Crippen LogP contribution in [0.3, 0.4) is 0 Å². The van der Waals surface area contributed by atoms with Crippen LogP contribution in [0.2, 0.25) is 0 Å². The zero-order chi connectivity index (χ0) is 17.7. The third-order valence-electron chi connectivity index (χ3n) is 3.62. The molecule has 0 spiro atoms. The highest BCUT2D eigenvalue weighted by Crippen LogP contribution is 2.28. The van der Waals surface area contributed by atoms with Crippen molar-refractivity contribution in [2.75, 3.05) is 24.9 Å². The van der Waals surface area contributed by atoms with Crippen molar-refractivity contribution in [2.24, 2.45) is 0 Å². The van der Waals surface area contributed by atoms with Crippen LogP contribution in [0.25, 0.3) is 0 Å². The fourth-order valence-corrected chi connectivity index (χ4v) is 3.46. The first kappa shape index (κ1) is 18.5. The molecule has 0 fully saturated rings. The number of amides is 1. The van der Waals surface area contributed by atoms with Crippen molar-refractivity contribution in [1.82, 2.24) is 4.31 Å². The second-order valence-electron chi connectivity index (χ2n) is 5.28. The maximum absolute atomic E-state index is 12.8. The monoisotopic (exact) mass is 364 g/mol. The minimum absolute atomic E-state index is 0.393. The summed E-state index contributed by atoms with van der Waals surface area (Å²) in [6.45, 7) is 0. The number of para-hydroxylation sites is 1. The summed E-state index contributed by atoms with van der Waals surface area (Å²) in [5.74, 6) is -0.393. The average molecular weight is 364 g/mol. The molecule has 0 aliphatic carbocycles. The van der Waals surface area contributed by atoms with E-state index in [2.05, 4.69) is 5.32 Å². The SMILES string of the molecule is CSc1ccccc1NC(=O)[C@H](c1ccccc1)N(C)S(C)(=O)=O. The highest BCUT2D eigenvalue weighted by atomic mass is 32.2. The van der Waals surface area contributed by atoms with Crippen LogP contribution in [-0.4, -0.2) is 38.2 Å². The van der Waals surface area contributed by atoms with Crippen LogP contribution < -0.4 is 5.32 Å². The molecule has 5 nitrogen and oxygen atoms in total. The smallest absolute Gasteiger partial charge is 0.247 e. The molecule has 0 saturated carbocycles. The van der Waals surface area contributed by atoms with Gasteiger partial charge < -0.3 is 5.32 Å². The van der Waals surface area contributed by atoms with Crippen LogP contribution in [0.5, 0.6) is 0 Å². The summed E-state index contributed by atoms with van der Waals surface area (Å²) in [6, 6.07) is 15.3. The molecular formula is C17H20N2O3S2. The fraction of sp³-hybridized carbons (Fsp3) is 0.235. The van der Waals surface area contributed by atoms with Gasteiger partial charge in [0, 0.05) is 11.9 Å². The van der Waals surface area contributed by atoms with Gasteiger partial charge in [-0.2, -0.15) is 4.31 Å². The van der Waals surface area contributed by atoms with Gasteiger partial charge in [0.05, 0.1) is 11.9 Å². The number of hydrogen-bond donors (Lipinski definition) is 1. The van der Waals surface area contributed by atoms with Crippen molar-refractivity contribution in [3.05, 3.63) is 60.2 Å². The molecule has 1 N–H and O–H groups in total. The van der Waals surface area contributed by atoms with E-state index in [0.717, 1.165) is 15.5 Å². The van der Waals surface area contributed by atoms with Crippen LogP contribution in [0.15, 0.2) is 59.5 Å². The standard InChI is InChI=1S/C17H20N2O3S2/c1-19(24(3,21)22)16(13-9-5-4-6-10-13)17(20)18-14-11-7-8-12-15(14)23-2/h4-12,16H,1-3H3,(H,18,20)/t16-/m0/s1. The van der Waals surface area contributed by atoms with E-state index < -0.39 is 22.0 Å². The zero-order valence-electron chi connectivity index (χ0n) is 13.8. The quantitative estimate of drug-likeness (QED) is 0.800. The Hall–Kier alpha value is -1.83. The van der Waals surface area contributed by atoms with Gasteiger partial charge in [-0.3, -0.25) is 4.79 Å². The van der Waals surface area contributed by atoms with Gasteiger partial charge >= 0.3 is 0 Å². The molecule has 2 aromatic carbocycles.